The summed E-state index contributed by atoms with van der Waals surface area (Å²) in [4.78, 5) is 57.6. The molecule has 9 heteroatoms. The Morgan fingerprint density at radius 2 is 1.74 bits per heavy atom. The lowest BCUT2D eigenvalue weighted by atomic mass is 9.67. The van der Waals surface area contributed by atoms with Crippen molar-refractivity contribution in [3.8, 4) is 0 Å². The van der Waals surface area contributed by atoms with Gasteiger partial charge in [-0.1, -0.05) is 35.6 Å². The summed E-state index contributed by atoms with van der Waals surface area (Å²) in [5, 5.41) is 1.08. The molecule has 0 unspecified atom stereocenters. The molecule has 4 aliphatic rings. The lowest BCUT2D eigenvalue weighted by Crippen LogP contribution is -2.42. The molecule has 194 valence electrons. The molecule has 2 amide bonds. The summed E-state index contributed by atoms with van der Waals surface area (Å²) >= 11 is 2.97. The van der Waals surface area contributed by atoms with Crippen LogP contribution in [0.15, 0.2) is 58.4 Å². The van der Waals surface area contributed by atoms with E-state index >= 15 is 0 Å². The van der Waals surface area contributed by atoms with Crippen molar-refractivity contribution in [2.45, 2.75) is 36.5 Å². The standard InChI is InChI=1S/C29H26N2O5S2/c1-3-36-28(34)14-8-10-15(11-9-14)31-26(32)21-17-12-18(22(21)27(31)33)23-20(17)19(16-7-5-4-6-13(16)2)24-25(37-23)30-29(35)38-24/h4-11,17-23H,3,12H2,1-2H3,(H,30,35)/t17-,18-,19+,20-,21+,22-,23+/m0/s1. The highest BCUT2D eigenvalue weighted by molar-refractivity contribution is 8.00. The van der Waals surface area contributed by atoms with Gasteiger partial charge in [0.05, 0.1) is 34.7 Å². The lowest BCUT2D eigenvalue weighted by molar-refractivity contribution is -0.123. The quantitative estimate of drug-likeness (QED) is 0.380. The van der Waals surface area contributed by atoms with E-state index in [9.17, 15) is 19.2 Å². The van der Waals surface area contributed by atoms with Gasteiger partial charge in [-0.2, -0.15) is 0 Å². The summed E-state index contributed by atoms with van der Waals surface area (Å²) in [6.07, 6.45) is 0.854. The fraction of sp³-hybridized carbons (Fsp3) is 0.379. The number of rotatable bonds is 4. The molecule has 0 radical (unpaired) electrons. The molecule has 1 saturated heterocycles. The highest BCUT2D eigenvalue weighted by Gasteiger charge is 2.69. The molecule has 7 rings (SSSR count). The lowest BCUT2D eigenvalue weighted by Gasteiger charge is -2.43. The third kappa shape index (κ3) is 3.27. The normalized spacial score (nSPS) is 30.8. The van der Waals surface area contributed by atoms with Gasteiger partial charge in [0.25, 0.3) is 0 Å². The molecule has 3 heterocycles. The van der Waals surface area contributed by atoms with E-state index in [1.54, 1.807) is 43.0 Å². The molecule has 2 aliphatic carbocycles. The van der Waals surface area contributed by atoms with Gasteiger partial charge >= 0.3 is 10.8 Å². The number of hydrogen-bond donors (Lipinski definition) is 1. The van der Waals surface area contributed by atoms with Crippen molar-refractivity contribution < 1.29 is 19.1 Å². The minimum atomic E-state index is -0.429. The van der Waals surface area contributed by atoms with Crippen LogP contribution in [0.25, 0.3) is 0 Å². The predicted molar refractivity (Wildman–Crippen MR) is 145 cm³/mol. The number of thiazole rings is 1. The van der Waals surface area contributed by atoms with Crippen molar-refractivity contribution in [1.82, 2.24) is 4.98 Å². The zero-order chi connectivity index (χ0) is 26.3. The number of fused-ring (bicyclic) bond motifs is 9. The maximum absolute atomic E-state index is 13.9. The van der Waals surface area contributed by atoms with Gasteiger partial charge in [-0.25, -0.2) is 4.79 Å². The molecule has 2 saturated carbocycles. The number of carbonyl (C=O) groups excluding carboxylic acids is 3. The first-order chi connectivity index (χ1) is 18.4. The average molecular weight is 547 g/mol. The Balaban J connectivity index is 1.26. The number of thioether (sulfide) groups is 1. The number of amides is 2. The zero-order valence-corrected chi connectivity index (χ0v) is 22.5. The first-order valence-electron chi connectivity index (χ1n) is 13.0. The van der Waals surface area contributed by atoms with Gasteiger partial charge in [-0.3, -0.25) is 19.3 Å². The number of esters is 1. The number of carbonyl (C=O) groups is 3. The molecule has 1 aromatic heterocycles. The Labute approximate surface area is 227 Å². The molecule has 0 spiro atoms. The SMILES string of the molecule is CCOC(=O)c1ccc(N2C(=O)[C@@H]3[C@H]4C[C@H]([C@H]5Sc6[nH]c(=O)sc6[C@H](c6ccccc6C)[C@H]45)[C@@H]3C2=O)cc1. The summed E-state index contributed by atoms with van der Waals surface area (Å²) in [5.41, 5.74) is 3.26. The van der Waals surface area contributed by atoms with Crippen molar-refractivity contribution >= 4 is 46.6 Å². The van der Waals surface area contributed by atoms with Gasteiger partial charge in [0.2, 0.25) is 11.8 Å². The monoisotopic (exact) mass is 546 g/mol. The number of nitrogens with zero attached hydrogens (tertiary/aromatic N) is 1. The van der Waals surface area contributed by atoms with Gasteiger partial charge < -0.3 is 9.72 Å². The number of aryl methyl sites for hydroxylation is 1. The summed E-state index contributed by atoms with van der Waals surface area (Å²) in [6, 6.07) is 14.8. The number of nitrogens with one attached hydrogen (secondary N) is 1. The first-order valence-corrected chi connectivity index (χ1v) is 14.7. The zero-order valence-electron chi connectivity index (χ0n) is 20.9. The van der Waals surface area contributed by atoms with E-state index < -0.39 is 5.97 Å². The Bertz CT molecular complexity index is 1540. The number of aromatic nitrogens is 1. The Kier molecular flexibility index (Phi) is 5.46. The first kappa shape index (κ1) is 23.9. The minimum Gasteiger partial charge on any atom is -0.462 e. The maximum atomic E-state index is 13.9. The van der Waals surface area contributed by atoms with Crippen LogP contribution in [0.5, 0.6) is 0 Å². The maximum Gasteiger partial charge on any atom is 0.338 e. The van der Waals surface area contributed by atoms with E-state index in [0.717, 1.165) is 16.3 Å². The van der Waals surface area contributed by atoms with Gasteiger partial charge in [-0.05, 0) is 73.4 Å². The third-order valence-corrected chi connectivity index (χ3v) is 11.5. The number of ether oxygens (including phenoxy) is 1. The molecule has 1 N–H and O–H groups in total. The fourth-order valence-corrected chi connectivity index (χ4v) is 10.4. The average Bonchev–Trinajstić information content (AvgIpc) is 3.64. The van der Waals surface area contributed by atoms with E-state index in [0.29, 0.717) is 11.3 Å². The number of imide groups is 1. The highest BCUT2D eigenvalue weighted by atomic mass is 32.2. The molecular formula is C29H26N2O5S2. The van der Waals surface area contributed by atoms with E-state index in [1.165, 1.54) is 27.4 Å². The van der Waals surface area contributed by atoms with E-state index in [1.807, 2.05) is 12.1 Å². The van der Waals surface area contributed by atoms with Crippen LogP contribution in [0, 0.1) is 36.5 Å². The van der Waals surface area contributed by atoms with Crippen molar-refractivity contribution in [3.05, 3.63) is 79.8 Å². The van der Waals surface area contributed by atoms with Crippen molar-refractivity contribution in [1.29, 1.82) is 0 Å². The summed E-state index contributed by atoms with van der Waals surface area (Å²) < 4.78 is 5.06. The molecule has 3 fully saturated rings. The van der Waals surface area contributed by atoms with Crippen LogP contribution in [-0.4, -0.2) is 34.6 Å². The Morgan fingerprint density at radius 3 is 2.45 bits per heavy atom. The van der Waals surface area contributed by atoms with Crippen LogP contribution >= 0.6 is 23.1 Å². The predicted octanol–water partition coefficient (Wildman–Crippen LogP) is 4.60. The number of aromatic amines is 1. The molecule has 2 aromatic carbocycles. The largest absolute Gasteiger partial charge is 0.462 e. The van der Waals surface area contributed by atoms with Crippen molar-refractivity contribution in [2.75, 3.05) is 11.5 Å². The molecule has 2 bridgehead atoms. The topological polar surface area (TPSA) is 96.5 Å². The number of anilines is 1. The van der Waals surface area contributed by atoms with Crippen molar-refractivity contribution in [3.63, 3.8) is 0 Å². The number of hydrogen-bond acceptors (Lipinski definition) is 7. The van der Waals surface area contributed by atoms with Crippen LogP contribution in [0.4, 0.5) is 5.69 Å². The number of H-pyrrole nitrogens is 1. The smallest absolute Gasteiger partial charge is 0.338 e. The Hall–Kier alpha value is -3.17. The van der Waals surface area contributed by atoms with Gasteiger partial charge in [0.15, 0.2) is 0 Å². The van der Waals surface area contributed by atoms with E-state index in [2.05, 4.69) is 24.0 Å². The highest BCUT2D eigenvalue weighted by Crippen LogP contribution is 2.68. The van der Waals surface area contributed by atoms with Crippen LogP contribution in [0.1, 0.15) is 45.6 Å². The van der Waals surface area contributed by atoms with Crippen LogP contribution in [-0.2, 0) is 14.3 Å². The van der Waals surface area contributed by atoms with Gasteiger partial charge in [0, 0.05) is 16.0 Å². The molecule has 38 heavy (non-hydrogen) atoms. The summed E-state index contributed by atoms with van der Waals surface area (Å²) in [5.74, 6) is -1.09. The summed E-state index contributed by atoms with van der Waals surface area (Å²) in [6.45, 7) is 4.13. The van der Waals surface area contributed by atoms with Gasteiger partial charge in [0.1, 0.15) is 0 Å². The van der Waals surface area contributed by atoms with E-state index in [-0.39, 0.29) is 64.1 Å². The van der Waals surface area contributed by atoms with Crippen LogP contribution < -0.4 is 9.77 Å². The summed E-state index contributed by atoms with van der Waals surface area (Å²) in [7, 11) is 0. The van der Waals surface area contributed by atoms with E-state index in [4.69, 9.17) is 4.74 Å². The molecule has 7 atom stereocenters. The van der Waals surface area contributed by atoms with Crippen molar-refractivity contribution in [2.24, 2.45) is 29.6 Å². The second kappa shape index (κ2) is 8.68. The van der Waals surface area contributed by atoms with Gasteiger partial charge in [-0.15, -0.1) is 11.8 Å². The van der Waals surface area contributed by atoms with Crippen LogP contribution in [0.2, 0.25) is 0 Å². The number of benzene rings is 2. The molecule has 7 nitrogen and oxygen atoms in total. The molecular weight excluding hydrogens is 520 g/mol. The Morgan fingerprint density at radius 1 is 1.03 bits per heavy atom. The molecule has 3 aromatic rings. The fourth-order valence-electron chi connectivity index (χ4n) is 7.52. The second-order valence-electron chi connectivity index (χ2n) is 10.6. The third-order valence-electron chi connectivity index (χ3n) is 8.88. The molecule has 2 aliphatic heterocycles. The minimum absolute atomic E-state index is 0.0261. The van der Waals surface area contributed by atoms with Crippen LogP contribution in [0.3, 0.4) is 0 Å². The second-order valence-corrected chi connectivity index (χ2v) is 12.8.